The van der Waals surface area contributed by atoms with Crippen LogP contribution >= 0.6 is 0 Å². The molecule has 0 amide bonds. The smallest absolute Gasteiger partial charge is 0.280 e. The van der Waals surface area contributed by atoms with Gasteiger partial charge in [0.15, 0.2) is 17.3 Å². The molecule has 4 rings (SSSR count). The second kappa shape index (κ2) is 9.65. The molecule has 1 saturated heterocycles. The molecule has 8 heteroatoms. The molecule has 0 spiro atoms. The maximum Gasteiger partial charge on any atom is 0.280 e. The van der Waals surface area contributed by atoms with Crippen molar-refractivity contribution in [2.24, 2.45) is 5.73 Å². The fraction of sp³-hybridized carbons (Fsp3) is 0.500. The van der Waals surface area contributed by atoms with Crippen molar-refractivity contribution in [1.29, 1.82) is 5.41 Å². The number of piperidine rings is 1. The second-order valence-electron chi connectivity index (χ2n) is 8.78. The Morgan fingerprint density at radius 3 is 2.59 bits per heavy atom. The summed E-state index contributed by atoms with van der Waals surface area (Å²) in [7, 11) is 0. The first-order valence-corrected chi connectivity index (χ1v) is 11.5. The van der Waals surface area contributed by atoms with Crippen molar-refractivity contribution < 1.29 is 4.42 Å². The third kappa shape index (κ3) is 4.60. The first-order chi connectivity index (χ1) is 15.5. The number of unbranched alkanes of at least 4 members (excludes halogenated alkanes) is 2. The molecule has 2 unspecified atom stereocenters. The number of likely N-dealkylation sites (tertiary alicyclic amines) is 1. The molecule has 0 aliphatic carbocycles. The van der Waals surface area contributed by atoms with E-state index in [4.69, 9.17) is 15.6 Å². The number of fused-ring (bicyclic) bond motifs is 1. The number of nitrogen functional groups attached to an aromatic ring is 1. The molecule has 3 aromatic rings. The summed E-state index contributed by atoms with van der Waals surface area (Å²) in [6.45, 7) is 6.40. The van der Waals surface area contributed by atoms with Gasteiger partial charge in [-0.15, -0.1) is 0 Å². The van der Waals surface area contributed by atoms with Crippen LogP contribution in [0, 0.1) is 5.41 Å². The van der Waals surface area contributed by atoms with Gasteiger partial charge in [0.25, 0.3) is 11.4 Å². The van der Waals surface area contributed by atoms with Gasteiger partial charge in [0.2, 0.25) is 0 Å². The number of hydrogen-bond acceptors (Lipinski definition) is 6. The number of para-hydroxylation sites is 2. The van der Waals surface area contributed by atoms with Crippen LogP contribution in [0.4, 0.5) is 0 Å². The number of nitrogens with two attached hydrogens (primary N) is 1. The molecule has 0 saturated carbocycles. The second-order valence-corrected chi connectivity index (χ2v) is 8.78. The molecule has 1 fully saturated rings. The first kappa shape index (κ1) is 22.2. The average Bonchev–Trinajstić information content (AvgIpc) is 3.27. The molecule has 1 aliphatic rings. The summed E-state index contributed by atoms with van der Waals surface area (Å²) < 4.78 is 7.28. The van der Waals surface area contributed by atoms with Gasteiger partial charge in [-0.1, -0.05) is 25.0 Å². The van der Waals surface area contributed by atoms with E-state index in [1.54, 1.807) is 4.57 Å². The number of benzene rings is 1. The van der Waals surface area contributed by atoms with E-state index in [0.29, 0.717) is 18.6 Å². The Kier molecular flexibility index (Phi) is 6.69. The number of hydrogen-bond donors (Lipinski definition) is 2. The minimum absolute atomic E-state index is 0.0120. The normalized spacial score (nSPS) is 19.4. The predicted molar refractivity (Wildman–Crippen MR) is 126 cm³/mol. The van der Waals surface area contributed by atoms with E-state index in [9.17, 15) is 4.79 Å². The van der Waals surface area contributed by atoms with E-state index in [1.165, 1.54) is 25.5 Å². The van der Waals surface area contributed by atoms with Gasteiger partial charge in [-0.2, -0.15) is 0 Å². The lowest BCUT2D eigenvalue weighted by molar-refractivity contribution is 0.101. The number of nitrogens with zero attached hydrogens (tertiary/aromatic N) is 4. The highest BCUT2D eigenvalue weighted by atomic mass is 16.4. The Hall–Kier alpha value is -3.00. The molecule has 2 atom stereocenters. The molecule has 32 heavy (non-hydrogen) atoms. The van der Waals surface area contributed by atoms with Gasteiger partial charge < -0.3 is 14.7 Å². The zero-order chi connectivity index (χ0) is 22.7. The Morgan fingerprint density at radius 1 is 1.16 bits per heavy atom. The van der Waals surface area contributed by atoms with Crippen molar-refractivity contribution in [3.05, 3.63) is 46.7 Å². The van der Waals surface area contributed by atoms with E-state index in [0.717, 1.165) is 36.8 Å². The quantitative estimate of drug-likeness (QED) is 0.316. The van der Waals surface area contributed by atoms with Gasteiger partial charge in [0, 0.05) is 18.6 Å². The van der Waals surface area contributed by atoms with Gasteiger partial charge in [-0.3, -0.25) is 15.1 Å². The van der Waals surface area contributed by atoms with Crippen LogP contribution in [0.5, 0.6) is 0 Å². The molecule has 2 aromatic heterocycles. The Morgan fingerprint density at radius 2 is 1.88 bits per heavy atom. The molecule has 3 N–H and O–H groups in total. The van der Waals surface area contributed by atoms with Gasteiger partial charge in [0.05, 0.1) is 17.2 Å². The monoisotopic (exact) mass is 436 g/mol. The summed E-state index contributed by atoms with van der Waals surface area (Å²) in [4.78, 5) is 24.4. The van der Waals surface area contributed by atoms with Crippen LogP contribution in [0.2, 0.25) is 0 Å². The average molecular weight is 437 g/mol. The number of aromatic nitrogens is 3. The van der Waals surface area contributed by atoms with Crippen molar-refractivity contribution in [3.8, 4) is 11.5 Å². The highest BCUT2D eigenvalue weighted by Crippen LogP contribution is 2.23. The first-order valence-electron chi connectivity index (χ1n) is 11.5. The van der Waals surface area contributed by atoms with Crippen LogP contribution in [-0.4, -0.2) is 43.9 Å². The van der Waals surface area contributed by atoms with E-state index in [2.05, 4.69) is 28.7 Å². The lowest BCUT2D eigenvalue weighted by Crippen LogP contribution is -2.44. The van der Waals surface area contributed by atoms with Crippen LogP contribution in [0.25, 0.3) is 22.5 Å². The largest absolute Gasteiger partial charge is 0.432 e. The fourth-order valence-electron chi connectivity index (χ4n) is 4.74. The van der Waals surface area contributed by atoms with E-state index < -0.39 is 0 Å². The van der Waals surface area contributed by atoms with E-state index >= 15 is 0 Å². The molecule has 1 aliphatic heterocycles. The van der Waals surface area contributed by atoms with Crippen LogP contribution < -0.4 is 11.3 Å². The summed E-state index contributed by atoms with van der Waals surface area (Å²) in [5, 5.41) is 7.48. The number of amidine groups is 1. The summed E-state index contributed by atoms with van der Waals surface area (Å²) in [5.74, 6) is -0.0652. The van der Waals surface area contributed by atoms with Gasteiger partial charge >= 0.3 is 0 Å². The summed E-state index contributed by atoms with van der Waals surface area (Å²) in [6.07, 6.45) is 8.42. The van der Waals surface area contributed by atoms with Gasteiger partial charge in [-0.05, 0) is 58.2 Å². The Balaban J connectivity index is 1.49. The third-order valence-electron chi connectivity index (χ3n) is 6.50. The number of rotatable bonds is 8. The molecule has 170 valence electrons. The third-order valence-corrected chi connectivity index (χ3v) is 6.50. The molecule has 8 nitrogen and oxygen atoms in total. The van der Waals surface area contributed by atoms with E-state index in [-0.39, 0.29) is 28.7 Å². The topological polar surface area (TPSA) is 114 Å². The molecule has 0 radical (unpaired) electrons. The van der Waals surface area contributed by atoms with Crippen LogP contribution in [-0.2, 0) is 6.54 Å². The van der Waals surface area contributed by atoms with Crippen molar-refractivity contribution in [1.82, 2.24) is 19.4 Å². The summed E-state index contributed by atoms with van der Waals surface area (Å²) in [5.41, 5.74) is 6.96. The standard InChI is InChI=1S/C24H32N6O2/c1-16-9-8-10-17(2)29(16)13-6-3-7-14-30-19-12-5-4-11-18(19)28-21(24(30)31)20-15-27-23(32-20)22(25)26/h4-5,11-12,15-17H,3,6-10,13-14H2,1-2H3,(H3,25,26). The SMILES string of the molecule is CC1CCCC(C)N1CCCCCn1c(=O)c(-c2cnc(C(=N)N)o2)nc2ccccc21. The molecular weight excluding hydrogens is 404 g/mol. The molecule has 0 bridgehead atoms. The number of oxazole rings is 1. The maximum absolute atomic E-state index is 13.3. The maximum atomic E-state index is 13.3. The zero-order valence-corrected chi connectivity index (χ0v) is 18.9. The van der Waals surface area contributed by atoms with Gasteiger partial charge in [0.1, 0.15) is 0 Å². The Labute approximate surface area is 188 Å². The fourth-order valence-corrected chi connectivity index (χ4v) is 4.74. The van der Waals surface area contributed by atoms with Crippen LogP contribution in [0.1, 0.15) is 58.3 Å². The van der Waals surface area contributed by atoms with Crippen molar-refractivity contribution in [3.63, 3.8) is 0 Å². The summed E-state index contributed by atoms with van der Waals surface area (Å²) >= 11 is 0. The van der Waals surface area contributed by atoms with E-state index in [1.807, 2.05) is 24.3 Å². The Bertz CT molecular complexity index is 1140. The zero-order valence-electron chi connectivity index (χ0n) is 18.9. The van der Waals surface area contributed by atoms with Crippen molar-refractivity contribution in [2.45, 2.75) is 71.0 Å². The lowest BCUT2D eigenvalue weighted by Gasteiger charge is -2.39. The minimum atomic E-state index is -0.283. The molecular formula is C24H32N6O2. The van der Waals surface area contributed by atoms with Crippen molar-refractivity contribution >= 4 is 16.9 Å². The van der Waals surface area contributed by atoms with Crippen LogP contribution in [0.15, 0.2) is 39.7 Å². The molecule has 1 aromatic carbocycles. The molecule has 3 heterocycles. The van der Waals surface area contributed by atoms with Gasteiger partial charge in [-0.25, -0.2) is 9.97 Å². The minimum Gasteiger partial charge on any atom is -0.432 e. The number of aryl methyl sites for hydroxylation is 1. The number of nitrogens with one attached hydrogen (secondary N) is 1. The highest BCUT2D eigenvalue weighted by molar-refractivity contribution is 5.90. The summed E-state index contributed by atoms with van der Waals surface area (Å²) in [6, 6.07) is 8.95. The lowest BCUT2D eigenvalue weighted by atomic mass is 9.97. The predicted octanol–water partition coefficient (Wildman–Crippen LogP) is 3.77. The highest BCUT2D eigenvalue weighted by Gasteiger charge is 2.23. The van der Waals surface area contributed by atoms with Crippen molar-refractivity contribution in [2.75, 3.05) is 6.54 Å². The van der Waals surface area contributed by atoms with Crippen LogP contribution in [0.3, 0.4) is 0 Å².